The molecule has 0 atom stereocenters. The van der Waals surface area contributed by atoms with Gasteiger partial charge in [-0.05, 0) is 24.0 Å². The Hall–Kier alpha value is -2.41. The summed E-state index contributed by atoms with van der Waals surface area (Å²) in [5.41, 5.74) is 1.83. The Morgan fingerprint density at radius 1 is 0.773 bits per heavy atom. The summed E-state index contributed by atoms with van der Waals surface area (Å²) in [7, 11) is 0. The molecule has 1 fully saturated rings. The topological polar surface area (TPSA) is 17.1 Å². The molecule has 3 rings (SSSR count). The molecule has 1 saturated carbocycles. The molecule has 0 radical (unpaired) electrons. The summed E-state index contributed by atoms with van der Waals surface area (Å²) in [6, 6.07) is 20.3. The third kappa shape index (κ3) is 3.25. The van der Waals surface area contributed by atoms with Gasteiger partial charge in [0, 0.05) is 6.42 Å². The first-order valence-electron chi connectivity index (χ1n) is 7.80. The van der Waals surface area contributed by atoms with E-state index in [1.165, 1.54) is 0 Å². The maximum absolute atomic E-state index is 12.4. The minimum absolute atomic E-state index is 0.326. The normalized spacial score (nSPS) is 17.5. The van der Waals surface area contributed by atoms with Crippen LogP contribution in [0, 0.1) is 5.41 Å². The van der Waals surface area contributed by atoms with Gasteiger partial charge in [0.05, 0.1) is 5.41 Å². The standard InChI is InChI=1S/C21H20O/c22-20-12-7-15-21(20,16-13-18-8-3-1-4-9-18)17-14-19-10-5-2-6-11-19/h1-6,8-11,13-14,16-17H,7,12,15H2/b16-13+,17-14+. The summed E-state index contributed by atoms with van der Waals surface area (Å²) in [6.07, 6.45) is 10.8. The zero-order valence-corrected chi connectivity index (χ0v) is 12.6. The molecule has 0 saturated heterocycles. The summed E-state index contributed by atoms with van der Waals surface area (Å²) >= 11 is 0. The van der Waals surface area contributed by atoms with E-state index in [0.29, 0.717) is 12.2 Å². The molecule has 1 nitrogen and oxygen atoms in total. The Morgan fingerprint density at radius 2 is 1.27 bits per heavy atom. The SMILES string of the molecule is O=C1CCCC1(/C=C/c1ccccc1)/C=C/c1ccccc1. The number of hydrogen-bond acceptors (Lipinski definition) is 1. The molecule has 2 aromatic carbocycles. The molecule has 22 heavy (non-hydrogen) atoms. The van der Waals surface area contributed by atoms with E-state index in [2.05, 4.69) is 48.6 Å². The van der Waals surface area contributed by atoms with E-state index in [9.17, 15) is 4.79 Å². The second-order valence-electron chi connectivity index (χ2n) is 5.81. The van der Waals surface area contributed by atoms with Crippen LogP contribution in [-0.4, -0.2) is 5.78 Å². The molecule has 0 spiro atoms. The van der Waals surface area contributed by atoms with Gasteiger partial charge >= 0.3 is 0 Å². The largest absolute Gasteiger partial charge is 0.298 e. The highest BCUT2D eigenvalue weighted by Crippen LogP contribution is 2.38. The van der Waals surface area contributed by atoms with Crippen molar-refractivity contribution in [1.82, 2.24) is 0 Å². The fraction of sp³-hybridized carbons (Fsp3) is 0.190. The van der Waals surface area contributed by atoms with Crippen LogP contribution < -0.4 is 0 Å². The number of Topliss-reactive ketones (excluding diaryl/α,β-unsaturated/α-hetero) is 1. The number of benzene rings is 2. The molecule has 0 bridgehead atoms. The first-order valence-corrected chi connectivity index (χ1v) is 7.80. The van der Waals surface area contributed by atoms with Crippen molar-refractivity contribution < 1.29 is 4.79 Å². The van der Waals surface area contributed by atoms with Crippen molar-refractivity contribution in [3.05, 3.63) is 83.9 Å². The Kier molecular flexibility index (Phi) is 4.34. The van der Waals surface area contributed by atoms with Crippen LogP contribution in [0.1, 0.15) is 30.4 Å². The average Bonchev–Trinajstić information content (AvgIpc) is 2.94. The second-order valence-corrected chi connectivity index (χ2v) is 5.81. The predicted octanol–water partition coefficient (Wildman–Crippen LogP) is 5.15. The molecule has 110 valence electrons. The summed E-state index contributed by atoms with van der Waals surface area (Å²) in [6.45, 7) is 0. The van der Waals surface area contributed by atoms with Crippen LogP contribution in [0.3, 0.4) is 0 Å². The highest BCUT2D eigenvalue weighted by molar-refractivity contribution is 5.92. The van der Waals surface area contributed by atoms with Gasteiger partial charge in [0.2, 0.25) is 0 Å². The number of carbonyl (C=O) groups is 1. The van der Waals surface area contributed by atoms with Crippen molar-refractivity contribution in [2.24, 2.45) is 5.41 Å². The highest BCUT2D eigenvalue weighted by atomic mass is 16.1. The van der Waals surface area contributed by atoms with Crippen LogP contribution >= 0.6 is 0 Å². The predicted molar refractivity (Wildman–Crippen MR) is 92.2 cm³/mol. The van der Waals surface area contributed by atoms with Crippen LogP contribution in [0.25, 0.3) is 12.2 Å². The summed E-state index contributed by atoms with van der Waals surface area (Å²) in [4.78, 5) is 12.4. The van der Waals surface area contributed by atoms with Gasteiger partial charge in [-0.3, -0.25) is 4.79 Å². The number of hydrogen-bond donors (Lipinski definition) is 0. The van der Waals surface area contributed by atoms with E-state index in [4.69, 9.17) is 0 Å². The van der Waals surface area contributed by atoms with E-state index < -0.39 is 5.41 Å². The summed E-state index contributed by atoms with van der Waals surface area (Å²) < 4.78 is 0. The third-order valence-electron chi connectivity index (χ3n) is 4.26. The maximum Gasteiger partial charge on any atom is 0.146 e. The van der Waals surface area contributed by atoms with Crippen LogP contribution in [0.4, 0.5) is 0 Å². The van der Waals surface area contributed by atoms with E-state index in [0.717, 1.165) is 24.0 Å². The van der Waals surface area contributed by atoms with Crippen LogP contribution in [0.2, 0.25) is 0 Å². The fourth-order valence-electron chi connectivity index (χ4n) is 2.94. The number of ketones is 1. The lowest BCUT2D eigenvalue weighted by Gasteiger charge is -2.18. The van der Waals surface area contributed by atoms with E-state index in [-0.39, 0.29) is 0 Å². The van der Waals surface area contributed by atoms with Crippen molar-refractivity contribution in [3.63, 3.8) is 0 Å². The third-order valence-corrected chi connectivity index (χ3v) is 4.26. The lowest BCUT2D eigenvalue weighted by atomic mass is 9.83. The zero-order valence-electron chi connectivity index (χ0n) is 12.6. The van der Waals surface area contributed by atoms with Gasteiger partial charge in [-0.25, -0.2) is 0 Å². The molecule has 0 aliphatic heterocycles. The van der Waals surface area contributed by atoms with Crippen LogP contribution in [0.5, 0.6) is 0 Å². The van der Waals surface area contributed by atoms with Gasteiger partial charge in [0.1, 0.15) is 5.78 Å². The van der Waals surface area contributed by atoms with Gasteiger partial charge in [-0.2, -0.15) is 0 Å². The van der Waals surface area contributed by atoms with Gasteiger partial charge in [0.15, 0.2) is 0 Å². The molecule has 0 unspecified atom stereocenters. The Morgan fingerprint density at radius 3 is 1.68 bits per heavy atom. The minimum Gasteiger partial charge on any atom is -0.298 e. The molecule has 1 heteroatoms. The average molecular weight is 288 g/mol. The first-order chi connectivity index (χ1) is 10.8. The maximum atomic E-state index is 12.4. The fourth-order valence-corrected chi connectivity index (χ4v) is 2.94. The van der Waals surface area contributed by atoms with E-state index in [1.54, 1.807) is 0 Å². The molecule has 1 aliphatic rings. The van der Waals surface area contributed by atoms with Gasteiger partial charge in [-0.1, -0.05) is 85.0 Å². The molecular formula is C21H20O. The molecular weight excluding hydrogens is 268 g/mol. The summed E-state index contributed by atoms with van der Waals surface area (Å²) in [5, 5.41) is 0. The summed E-state index contributed by atoms with van der Waals surface area (Å²) in [5.74, 6) is 0.326. The second kappa shape index (κ2) is 6.57. The molecule has 0 heterocycles. The van der Waals surface area contributed by atoms with Crippen LogP contribution in [-0.2, 0) is 4.79 Å². The van der Waals surface area contributed by atoms with Gasteiger partial charge in [-0.15, -0.1) is 0 Å². The van der Waals surface area contributed by atoms with Crippen molar-refractivity contribution in [2.75, 3.05) is 0 Å². The zero-order chi connectivity index (χ0) is 15.3. The van der Waals surface area contributed by atoms with Gasteiger partial charge in [0.25, 0.3) is 0 Å². The quantitative estimate of drug-likeness (QED) is 0.760. The lowest BCUT2D eigenvalue weighted by Crippen LogP contribution is -2.19. The Balaban J connectivity index is 1.88. The number of carbonyl (C=O) groups excluding carboxylic acids is 1. The number of allylic oxidation sites excluding steroid dienone is 2. The molecule has 0 amide bonds. The van der Waals surface area contributed by atoms with Crippen molar-refractivity contribution >= 4 is 17.9 Å². The van der Waals surface area contributed by atoms with E-state index >= 15 is 0 Å². The van der Waals surface area contributed by atoms with Crippen molar-refractivity contribution in [2.45, 2.75) is 19.3 Å². The minimum atomic E-state index is -0.439. The monoisotopic (exact) mass is 288 g/mol. The molecule has 1 aliphatic carbocycles. The van der Waals surface area contributed by atoms with Gasteiger partial charge < -0.3 is 0 Å². The van der Waals surface area contributed by atoms with Crippen molar-refractivity contribution in [3.8, 4) is 0 Å². The molecule has 2 aromatic rings. The molecule has 0 N–H and O–H groups in total. The smallest absolute Gasteiger partial charge is 0.146 e. The number of rotatable bonds is 4. The highest BCUT2D eigenvalue weighted by Gasteiger charge is 2.37. The Bertz CT molecular complexity index is 631. The van der Waals surface area contributed by atoms with E-state index in [1.807, 2.05) is 36.4 Å². The van der Waals surface area contributed by atoms with Crippen LogP contribution in [0.15, 0.2) is 72.8 Å². The lowest BCUT2D eigenvalue weighted by molar-refractivity contribution is -0.121. The molecule has 0 aromatic heterocycles. The van der Waals surface area contributed by atoms with Crippen molar-refractivity contribution in [1.29, 1.82) is 0 Å². The Labute approximate surface area is 132 Å². The first kappa shape index (κ1) is 14.5.